The molecule has 1 aromatic rings. The normalized spacial score (nSPS) is 20.2. The van der Waals surface area contributed by atoms with E-state index in [1.165, 1.54) is 0 Å². The van der Waals surface area contributed by atoms with Gasteiger partial charge in [-0.05, 0) is 25.0 Å². The minimum Gasteiger partial charge on any atom is -0.343 e. The molecule has 2 aliphatic rings. The third kappa shape index (κ3) is 2.73. The first-order valence-electron chi connectivity index (χ1n) is 7.55. The lowest BCUT2D eigenvalue weighted by Gasteiger charge is -2.36. The molecule has 5 nitrogen and oxygen atoms in total. The van der Waals surface area contributed by atoms with Crippen LogP contribution < -0.4 is 4.90 Å². The van der Waals surface area contributed by atoms with E-state index >= 15 is 0 Å². The molecule has 0 bridgehead atoms. The average Bonchev–Trinajstić information content (AvgIpc) is 2.90. The third-order valence-corrected chi connectivity index (χ3v) is 4.46. The highest BCUT2D eigenvalue weighted by Crippen LogP contribution is 2.25. The van der Waals surface area contributed by atoms with Crippen molar-refractivity contribution < 1.29 is 9.59 Å². The summed E-state index contributed by atoms with van der Waals surface area (Å²) in [5, 5.41) is 0. The molecular weight excluding hydrogens is 266 g/mol. The van der Waals surface area contributed by atoms with Crippen molar-refractivity contribution in [3.05, 3.63) is 30.3 Å². The Hall–Kier alpha value is -2.04. The van der Waals surface area contributed by atoms with Gasteiger partial charge in [0.15, 0.2) is 0 Å². The Balaban J connectivity index is 1.64. The van der Waals surface area contributed by atoms with Gasteiger partial charge >= 0.3 is 6.03 Å². The summed E-state index contributed by atoms with van der Waals surface area (Å²) in [6.45, 7) is 4.65. The molecule has 3 rings (SSSR count). The second-order valence-corrected chi connectivity index (χ2v) is 5.70. The lowest BCUT2D eigenvalue weighted by Crippen LogP contribution is -2.47. The van der Waals surface area contributed by atoms with E-state index in [-0.39, 0.29) is 18.0 Å². The molecule has 112 valence electrons. The van der Waals surface area contributed by atoms with E-state index in [0.717, 1.165) is 44.7 Å². The molecule has 0 aliphatic carbocycles. The van der Waals surface area contributed by atoms with E-state index in [0.29, 0.717) is 0 Å². The first-order valence-corrected chi connectivity index (χ1v) is 7.55. The molecule has 0 atom stereocenters. The van der Waals surface area contributed by atoms with Crippen molar-refractivity contribution in [3.8, 4) is 0 Å². The number of para-hydroxylation sites is 1. The number of carbonyl (C=O) groups is 2. The quantitative estimate of drug-likeness (QED) is 0.834. The summed E-state index contributed by atoms with van der Waals surface area (Å²) in [5.74, 6) is 0.132. The summed E-state index contributed by atoms with van der Waals surface area (Å²) in [7, 11) is 0. The first-order chi connectivity index (χ1) is 10.2. The molecule has 2 aliphatic heterocycles. The van der Waals surface area contributed by atoms with E-state index < -0.39 is 0 Å². The molecule has 2 heterocycles. The topological polar surface area (TPSA) is 43.9 Å². The number of nitrogens with zero attached hydrogens (tertiary/aromatic N) is 3. The molecular formula is C16H21N3O2. The van der Waals surface area contributed by atoms with Crippen molar-refractivity contribution in [2.24, 2.45) is 0 Å². The van der Waals surface area contributed by atoms with E-state index in [2.05, 4.69) is 0 Å². The highest BCUT2D eigenvalue weighted by molar-refractivity contribution is 5.94. The minimum absolute atomic E-state index is 0.0995. The maximum Gasteiger partial charge on any atom is 0.324 e. The summed E-state index contributed by atoms with van der Waals surface area (Å²) in [5.41, 5.74) is 0.964. The van der Waals surface area contributed by atoms with Gasteiger partial charge in [-0.2, -0.15) is 0 Å². The van der Waals surface area contributed by atoms with E-state index in [1.807, 2.05) is 45.0 Å². The number of carbonyl (C=O) groups excluding carboxylic acids is 2. The molecule has 5 heteroatoms. The van der Waals surface area contributed by atoms with Crippen LogP contribution in [0.2, 0.25) is 0 Å². The number of hydrogen-bond acceptors (Lipinski definition) is 2. The van der Waals surface area contributed by atoms with Crippen LogP contribution >= 0.6 is 0 Å². The third-order valence-electron chi connectivity index (χ3n) is 4.46. The van der Waals surface area contributed by atoms with Gasteiger partial charge in [-0.3, -0.25) is 9.69 Å². The minimum atomic E-state index is 0.0995. The fourth-order valence-corrected chi connectivity index (χ4v) is 3.23. The molecule has 0 radical (unpaired) electrons. The van der Waals surface area contributed by atoms with E-state index in [1.54, 1.807) is 6.92 Å². The van der Waals surface area contributed by atoms with Crippen molar-refractivity contribution in [1.29, 1.82) is 0 Å². The molecule has 0 aromatic heterocycles. The number of urea groups is 1. The Morgan fingerprint density at radius 3 is 2.33 bits per heavy atom. The van der Waals surface area contributed by atoms with Gasteiger partial charge in [0.25, 0.3) is 0 Å². The summed E-state index contributed by atoms with van der Waals surface area (Å²) < 4.78 is 0. The van der Waals surface area contributed by atoms with Crippen molar-refractivity contribution >= 4 is 17.6 Å². The zero-order valence-electron chi connectivity index (χ0n) is 12.4. The van der Waals surface area contributed by atoms with Crippen LogP contribution in [0.1, 0.15) is 19.8 Å². The molecule has 21 heavy (non-hydrogen) atoms. The molecule has 1 aromatic carbocycles. The van der Waals surface area contributed by atoms with Gasteiger partial charge in [0.2, 0.25) is 5.91 Å². The van der Waals surface area contributed by atoms with Gasteiger partial charge in [0.1, 0.15) is 0 Å². The Labute approximate surface area is 125 Å². The van der Waals surface area contributed by atoms with Gasteiger partial charge in [-0.25, -0.2) is 4.79 Å². The van der Waals surface area contributed by atoms with Crippen molar-refractivity contribution in [2.75, 3.05) is 31.1 Å². The van der Waals surface area contributed by atoms with Crippen LogP contribution in [-0.4, -0.2) is 54.0 Å². The van der Waals surface area contributed by atoms with Crippen molar-refractivity contribution in [1.82, 2.24) is 9.80 Å². The second-order valence-electron chi connectivity index (χ2n) is 5.70. The number of piperidine rings is 1. The number of hydrogen-bond donors (Lipinski definition) is 0. The summed E-state index contributed by atoms with van der Waals surface area (Å²) in [6, 6.07) is 10.2. The van der Waals surface area contributed by atoms with Crippen LogP contribution in [0.4, 0.5) is 10.5 Å². The molecule has 2 fully saturated rings. The molecule has 3 amide bonds. The van der Waals surface area contributed by atoms with Crippen LogP contribution in [0.25, 0.3) is 0 Å². The second kappa shape index (κ2) is 5.76. The fourth-order valence-electron chi connectivity index (χ4n) is 3.23. The maximum atomic E-state index is 12.6. The van der Waals surface area contributed by atoms with Crippen LogP contribution in [0.5, 0.6) is 0 Å². The highest BCUT2D eigenvalue weighted by Gasteiger charge is 2.36. The predicted molar refractivity (Wildman–Crippen MR) is 81.2 cm³/mol. The Morgan fingerprint density at radius 2 is 1.71 bits per heavy atom. The maximum absolute atomic E-state index is 12.6. The molecule has 2 saturated heterocycles. The molecule has 0 saturated carbocycles. The monoisotopic (exact) mass is 287 g/mol. The number of rotatable bonds is 2. The predicted octanol–water partition coefficient (Wildman–Crippen LogP) is 1.94. The van der Waals surface area contributed by atoms with Gasteiger partial charge in [0, 0.05) is 44.8 Å². The Kier molecular flexibility index (Phi) is 3.82. The van der Waals surface area contributed by atoms with E-state index in [9.17, 15) is 9.59 Å². The Bertz CT molecular complexity index is 524. The average molecular weight is 287 g/mol. The standard InChI is InChI=1S/C16H21N3O2/c1-13(20)17-9-7-15(8-10-17)19-12-11-18(16(19)21)14-5-3-2-4-6-14/h2-6,15H,7-12H2,1H3. The van der Waals surface area contributed by atoms with Gasteiger partial charge in [-0.1, -0.05) is 18.2 Å². The SMILES string of the molecule is CC(=O)N1CCC(N2CCN(c3ccccc3)C2=O)CC1. The molecule has 0 N–H and O–H groups in total. The lowest BCUT2D eigenvalue weighted by atomic mass is 10.0. The zero-order valence-corrected chi connectivity index (χ0v) is 12.4. The van der Waals surface area contributed by atoms with Crippen molar-refractivity contribution in [3.63, 3.8) is 0 Å². The number of likely N-dealkylation sites (tertiary alicyclic amines) is 1. The molecule has 0 spiro atoms. The zero-order chi connectivity index (χ0) is 14.8. The van der Waals surface area contributed by atoms with Crippen LogP contribution in [0, 0.1) is 0 Å². The van der Waals surface area contributed by atoms with Gasteiger partial charge in [0.05, 0.1) is 0 Å². The van der Waals surface area contributed by atoms with Crippen LogP contribution in [0.15, 0.2) is 30.3 Å². The fraction of sp³-hybridized carbons (Fsp3) is 0.500. The summed E-state index contributed by atoms with van der Waals surface area (Å²) in [4.78, 5) is 29.6. The lowest BCUT2D eigenvalue weighted by molar-refractivity contribution is -0.130. The molecule has 0 unspecified atom stereocenters. The van der Waals surface area contributed by atoms with E-state index in [4.69, 9.17) is 0 Å². The number of anilines is 1. The highest BCUT2D eigenvalue weighted by atomic mass is 16.2. The van der Waals surface area contributed by atoms with Crippen LogP contribution in [-0.2, 0) is 4.79 Å². The number of benzene rings is 1. The summed E-state index contributed by atoms with van der Waals surface area (Å²) >= 11 is 0. The smallest absolute Gasteiger partial charge is 0.324 e. The van der Waals surface area contributed by atoms with Gasteiger partial charge in [-0.15, -0.1) is 0 Å². The Morgan fingerprint density at radius 1 is 1.05 bits per heavy atom. The summed E-state index contributed by atoms with van der Waals surface area (Å²) in [6.07, 6.45) is 1.77. The van der Waals surface area contributed by atoms with Crippen molar-refractivity contribution in [2.45, 2.75) is 25.8 Å². The largest absolute Gasteiger partial charge is 0.343 e. The van der Waals surface area contributed by atoms with Gasteiger partial charge < -0.3 is 9.80 Å². The first kappa shape index (κ1) is 13.9. The van der Waals surface area contributed by atoms with Crippen LogP contribution in [0.3, 0.4) is 0 Å². The number of amides is 3.